The van der Waals surface area contributed by atoms with Crippen molar-refractivity contribution in [3.05, 3.63) is 23.8 Å². The fourth-order valence-electron chi connectivity index (χ4n) is 3.17. The van der Waals surface area contributed by atoms with Gasteiger partial charge in [0, 0.05) is 33.3 Å². The van der Waals surface area contributed by atoms with Crippen molar-refractivity contribution in [3.63, 3.8) is 0 Å². The Labute approximate surface area is 191 Å². The van der Waals surface area contributed by atoms with Crippen molar-refractivity contribution in [2.75, 3.05) is 73.9 Å². The molecule has 1 unspecified atom stereocenters. The maximum absolute atomic E-state index is 5.54. The highest BCUT2D eigenvalue weighted by Crippen LogP contribution is 2.32. The molecule has 8 nitrogen and oxygen atoms in total. The molecule has 1 heterocycles. The number of guanidine groups is 1. The Kier molecular flexibility index (Phi) is 13.0. The van der Waals surface area contributed by atoms with Crippen LogP contribution in [0.4, 0.5) is 0 Å². The van der Waals surface area contributed by atoms with Crippen LogP contribution in [0.15, 0.2) is 23.2 Å². The van der Waals surface area contributed by atoms with Gasteiger partial charge in [0.2, 0.25) is 0 Å². The second kappa shape index (κ2) is 14.6. The van der Waals surface area contributed by atoms with Gasteiger partial charge in [0.05, 0.1) is 46.6 Å². The summed E-state index contributed by atoms with van der Waals surface area (Å²) in [6, 6.07) is 6.21. The second-order valence-electron chi connectivity index (χ2n) is 6.42. The number of nitrogens with one attached hydrogen (secondary N) is 2. The number of aliphatic imine (C=N–C) groups is 1. The Balaban J connectivity index is 0.00000420. The number of morpholine rings is 1. The van der Waals surface area contributed by atoms with Gasteiger partial charge in [0.1, 0.15) is 0 Å². The SMILES string of the molecule is CCNC(=NCC(c1ccc(OC)c(OC)c1)N1CCOCC1)NCCOC.I. The molecule has 1 saturated heterocycles. The van der Waals surface area contributed by atoms with Crippen LogP contribution in [-0.4, -0.2) is 84.7 Å². The molecule has 1 aliphatic rings. The average Bonchev–Trinajstić information content (AvgIpc) is 2.74. The highest BCUT2D eigenvalue weighted by atomic mass is 127. The first-order chi connectivity index (χ1) is 13.7. The van der Waals surface area contributed by atoms with Gasteiger partial charge in [-0.3, -0.25) is 9.89 Å². The minimum atomic E-state index is 0. The van der Waals surface area contributed by atoms with Crippen LogP contribution in [0.2, 0.25) is 0 Å². The van der Waals surface area contributed by atoms with Crippen molar-refractivity contribution in [2.45, 2.75) is 13.0 Å². The average molecular weight is 522 g/mol. The number of halogens is 1. The quantitative estimate of drug-likeness (QED) is 0.211. The Morgan fingerprint density at radius 3 is 2.48 bits per heavy atom. The lowest BCUT2D eigenvalue weighted by molar-refractivity contribution is 0.0179. The number of methoxy groups -OCH3 is 3. The van der Waals surface area contributed by atoms with E-state index in [1.807, 2.05) is 12.1 Å². The van der Waals surface area contributed by atoms with E-state index in [4.69, 9.17) is 23.9 Å². The van der Waals surface area contributed by atoms with E-state index >= 15 is 0 Å². The number of nitrogens with zero attached hydrogens (tertiary/aromatic N) is 2. The molecular formula is C20H35IN4O4. The van der Waals surface area contributed by atoms with E-state index in [2.05, 4.69) is 28.5 Å². The van der Waals surface area contributed by atoms with Crippen molar-refractivity contribution < 1.29 is 18.9 Å². The number of benzene rings is 1. The van der Waals surface area contributed by atoms with Crippen LogP contribution in [-0.2, 0) is 9.47 Å². The first-order valence-electron chi connectivity index (χ1n) is 9.78. The zero-order valence-electron chi connectivity index (χ0n) is 17.9. The largest absolute Gasteiger partial charge is 0.493 e. The molecule has 0 amide bonds. The number of rotatable bonds is 10. The summed E-state index contributed by atoms with van der Waals surface area (Å²) in [6.45, 7) is 8.05. The summed E-state index contributed by atoms with van der Waals surface area (Å²) in [5, 5.41) is 6.59. The first-order valence-corrected chi connectivity index (χ1v) is 9.78. The van der Waals surface area contributed by atoms with Gasteiger partial charge in [-0.25, -0.2) is 0 Å². The molecule has 2 rings (SSSR count). The summed E-state index contributed by atoms with van der Waals surface area (Å²) < 4.78 is 21.5. The third-order valence-electron chi connectivity index (χ3n) is 4.64. The Morgan fingerprint density at radius 1 is 1.14 bits per heavy atom. The van der Waals surface area contributed by atoms with E-state index < -0.39 is 0 Å². The van der Waals surface area contributed by atoms with E-state index in [1.165, 1.54) is 0 Å². The molecule has 0 saturated carbocycles. The van der Waals surface area contributed by atoms with Crippen LogP contribution in [0.5, 0.6) is 11.5 Å². The molecule has 1 aromatic carbocycles. The number of hydrogen-bond donors (Lipinski definition) is 2. The molecule has 0 aromatic heterocycles. The number of hydrogen-bond acceptors (Lipinski definition) is 6. The van der Waals surface area contributed by atoms with Crippen LogP contribution in [0.25, 0.3) is 0 Å². The topological polar surface area (TPSA) is 76.6 Å². The molecule has 1 atom stereocenters. The predicted octanol–water partition coefficient (Wildman–Crippen LogP) is 1.90. The van der Waals surface area contributed by atoms with Gasteiger partial charge < -0.3 is 29.6 Å². The Bertz CT molecular complexity index is 612. The second-order valence-corrected chi connectivity index (χ2v) is 6.42. The van der Waals surface area contributed by atoms with E-state index in [9.17, 15) is 0 Å². The molecule has 0 radical (unpaired) electrons. The molecule has 166 valence electrons. The van der Waals surface area contributed by atoms with Gasteiger partial charge in [-0.15, -0.1) is 24.0 Å². The molecule has 29 heavy (non-hydrogen) atoms. The van der Waals surface area contributed by atoms with E-state index in [0.29, 0.717) is 19.7 Å². The number of ether oxygens (including phenoxy) is 4. The molecule has 1 aromatic rings. The van der Waals surface area contributed by atoms with Crippen molar-refractivity contribution >= 4 is 29.9 Å². The van der Waals surface area contributed by atoms with Gasteiger partial charge >= 0.3 is 0 Å². The van der Waals surface area contributed by atoms with E-state index in [-0.39, 0.29) is 30.0 Å². The molecule has 9 heteroatoms. The van der Waals surface area contributed by atoms with Crippen molar-refractivity contribution in [3.8, 4) is 11.5 Å². The summed E-state index contributed by atoms with van der Waals surface area (Å²) in [4.78, 5) is 7.23. The van der Waals surface area contributed by atoms with Gasteiger partial charge in [-0.2, -0.15) is 0 Å². The lowest BCUT2D eigenvalue weighted by atomic mass is 10.0. The summed E-state index contributed by atoms with van der Waals surface area (Å²) in [7, 11) is 5.00. The summed E-state index contributed by atoms with van der Waals surface area (Å²) >= 11 is 0. The van der Waals surface area contributed by atoms with Crippen LogP contribution >= 0.6 is 24.0 Å². The summed E-state index contributed by atoms with van der Waals surface area (Å²) in [5.41, 5.74) is 1.15. The highest BCUT2D eigenvalue weighted by molar-refractivity contribution is 14.0. The van der Waals surface area contributed by atoms with Crippen molar-refractivity contribution in [1.29, 1.82) is 0 Å². The van der Waals surface area contributed by atoms with Crippen molar-refractivity contribution in [1.82, 2.24) is 15.5 Å². The zero-order valence-corrected chi connectivity index (χ0v) is 20.2. The van der Waals surface area contributed by atoms with Crippen LogP contribution < -0.4 is 20.1 Å². The molecule has 2 N–H and O–H groups in total. The molecular weight excluding hydrogens is 487 g/mol. The maximum atomic E-state index is 5.54. The highest BCUT2D eigenvalue weighted by Gasteiger charge is 2.24. The fraction of sp³-hybridized carbons (Fsp3) is 0.650. The molecule has 1 aliphatic heterocycles. The van der Waals surface area contributed by atoms with Gasteiger partial charge in [-0.05, 0) is 24.6 Å². The molecule has 0 aliphatic carbocycles. The normalized spacial score (nSPS) is 15.9. The smallest absolute Gasteiger partial charge is 0.191 e. The van der Waals surface area contributed by atoms with Gasteiger partial charge in [0.15, 0.2) is 17.5 Å². The predicted molar refractivity (Wildman–Crippen MR) is 126 cm³/mol. The molecule has 1 fully saturated rings. The van der Waals surface area contributed by atoms with Crippen molar-refractivity contribution in [2.24, 2.45) is 4.99 Å². The van der Waals surface area contributed by atoms with Crippen LogP contribution in [0.1, 0.15) is 18.5 Å². The molecule has 0 bridgehead atoms. The third kappa shape index (κ3) is 8.15. The molecule has 0 spiro atoms. The summed E-state index contributed by atoms with van der Waals surface area (Å²) in [5.74, 6) is 2.25. The van der Waals surface area contributed by atoms with Gasteiger partial charge in [-0.1, -0.05) is 6.07 Å². The lowest BCUT2D eigenvalue weighted by Crippen LogP contribution is -2.42. The van der Waals surface area contributed by atoms with Crippen LogP contribution in [0, 0.1) is 0 Å². The summed E-state index contributed by atoms with van der Waals surface area (Å²) in [6.07, 6.45) is 0. The lowest BCUT2D eigenvalue weighted by Gasteiger charge is -2.34. The fourth-order valence-corrected chi connectivity index (χ4v) is 3.17. The van der Waals surface area contributed by atoms with E-state index in [0.717, 1.165) is 55.9 Å². The zero-order chi connectivity index (χ0) is 20.2. The minimum absolute atomic E-state index is 0. The third-order valence-corrected chi connectivity index (χ3v) is 4.64. The van der Waals surface area contributed by atoms with E-state index in [1.54, 1.807) is 21.3 Å². The monoisotopic (exact) mass is 522 g/mol. The Morgan fingerprint density at radius 2 is 1.86 bits per heavy atom. The standard InChI is InChI=1S/C20H34N4O4.HI/c1-5-21-20(22-8-11-25-2)23-15-17(24-9-12-28-13-10-24)16-6-7-18(26-3)19(14-16)27-4;/h6-7,14,17H,5,8-13,15H2,1-4H3,(H2,21,22,23);1H. The van der Waals surface area contributed by atoms with Crippen LogP contribution in [0.3, 0.4) is 0 Å². The minimum Gasteiger partial charge on any atom is -0.493 e. The van der Waals surface area contributed by atoms with Gasteiger partial charge in [0.25, 0.3) is 0 Å². The Hall–Kier alpha value is -1.30. The maximum Gasteiger partial charge on any atom is 0.191 e. The first kappa shape index (κ1) is 25.7.